The van der Waals surface area contributed by atoms with Crippen molar-refractivity contribution >= 4 is 22.9 Å². The minimum atomic E-state index is 0.0265. The molecule has 1 unspecified atom stereocenters. The average Bonchev–Trinajstić information content (AvgIpc) is 3.14. The van der Waals surface area contributed by atoms with Gasteiger partial charge in [-0.1, -0.05) is 38.0 Å². The number of fused-ring (bicyclic) bond motifs is 1. The van der Waals surface area contributed by atoms with Crippen LogP contribution in [0.4, 0.5) is 4.79 Å². The second-order valence-corrected chi connectivity index (χ2v) is 9.43. The van der Waals surface area contributed by atoms with Crippen LogP contribution < -0.4 is 0 Å². The number of amides is 2. The number of carbonyl (C=O) groups is 1. The average molecular weight is 398 g/mol. The first-order chi connectivity index (χ1) is 13.6. The Morgan fingerprint density at radius 2 is 1.89 bits per heavy atom. The molecule has 150 valence electrons. The van der Waals surface area contributed by atoms with Gasteiger partial charge >= 0.3 is 6.03 Å². The molecule has 0 spiro atoms. The maximum atomic E-state index is 12.1. The molecule has 0 aromatic carbocycles. The van der Waals surface area contributed by atoms with Crippen molar-refractivity contribution in [2.75, 3.05) is 20.1 Å². The summed E-state index contributed by atoms with van der Waals surface area (Å²) in [4.78, 5) is 22.1. The zero-order valence-corrected chi connectivity index (χ0v) is 17.9. The zero-order valence-electron chi connectivity index (χ0n) is 17.1. The van der Waals surface area contributed by atoms with Crippen LogP contribution in [-0.4, -0.2) is 41.0 Å². The maximum absolute atomic E-state index is 12.1. The van der Waals surface area contributed by atoms with Crippen LogP contribution in [0.2, 0.25) is 0 Å². The van der Waals surface area contributed by atoms with E-state index in [2.05, 4.69) is 25.7 Å². The third kappa shape index (κ3) is 3.82. The van der Waals surface area contributed by atoms with E-state index < -0.39 is 0 Å². The van der Waals surface area contributed by atoms with E-state index in [9.17, 15) is 4.79 Å². The van der Waals surface area contributed by atoms with E-state index in [0.717, 1.165) is 41.1 Å². The first kappa shape index (κ1) is 19.4. The molecule has 2 fully saturated rings. The van der Waals surface area contributed by atoms with E-state index >= 15 is 0 Å². The summed E-state index contributed by atoms with van der Waals surface area (Å²) >= 11 is 1.86. The number of hydrogen-bond acceptors (Lipinski definition) is 3. The summed E-state index contributed by atoms with van der Waals surface area (Å²) in [6.07, 6.45) is 15.4. The molecule has 0 radical (unpaired) electrons. The fourth-order valence-electron chi connectivity index (χ4n) is 4.54. The minimum Gasteiger partial charge on any atom is -0.326 e. The second-order valence-electron chi connectivity index (χ2n) is 8.34. The molecule has 1 saturated carbocycles. The predicted octanol–water partition coefficient (Wildman–Crippen LogP) is 5.28. The summed E-state index contributed by atoms with van der Waals surface area (Å²) < 4.78 is 0. The van der Waals surface area contributed by atoms with Crippen LogP contribution in [0.3, 0.4) is 0 Å². The fourth-order valence-corrected chi connectivity index (χ4v) is 5.72. The molecular weight excluding hydrogens is 366 g/mol. The molecule has 2 heterocycles. The van der Waals surface area contributed by atoms with Crippen molar-refractivity contribution in [2.24, 2.45) is 11.8 Å². The van der Waals surface area contributed by atoms with Crippen LogP contribution >= 0.6 is 11.3 Å². The highest BCUT2D eigenvalue weighted by Gasteiger charge is 2.30. The van der Waals surface area contributed by atoms with E-state index in [1.807, 2.05) is 24.5 Å². The minimum absolute atomic E-state index is 0.0265. The Labute approximate surface area is 172 Å². The number of rotatable bonds is 5. The third-order valence-corrected chi connectivity index (χ3v) is 7.87. The van der Waals surface area contributed by atoms with Gasteiger partial charge in [-0.05, 0) is 50.5 Å². The van der Waals surface area contributed by atoms with E-state index in [1.54, 1.807) is 9.80 Å². The number of hydrogen-bond donors (Lipinski definition) is 0. The molecule has 28 heavy (non-hydrogen) atoms. The van der Waals surface area contributed by atoms with Gasteiger partial charge in [-0.2, -0.15) is 0 Å². The molecule has 0 N–H and O–H groups in total. The van der Waals surface area contributed by atoms with Crippen LogP contribution in [0.25, 0.3) is 5.57 Å². The molecule has 0 bridgehead atoms. The monoisotopic (exact) mass is 397 g/mol. The summed E-state index contributed by atoms with van der Waals surface area (Å²) in [5.41, 5.74) is 3.19. The van der Waals surface area contributed by atoms with Crippen molar-refractivity contribution < 1.29 is 4.79 Å². The molecule has 4 nitrogen and oxygen atoms in total. The fraction of sp³-hybridized carbons (Fsp3) is 0.565. The van der Waals surface area contributed by atoms with Gasteiger partial charge < -0.3 is 4.90 Å². The smallest absolute Gasteiger partial charge is 0.324 e. The summed E-state index contributed by atoms with van der Waals surface area (Å²) in [7, 11) is 1.83. The Morgan fingerprint density at radius 3 is 2.54 bits per heavy atom. The Kier molecular flexibility index (Phi) is 5.72. The molecule has 1 aromatic rings. The highest BCUT2D eigenvalue weighted by molar-refractivity contribution is 7.12. The van der Waals surface area contributed by atoms with Gasteiger partial charge in [0.05, 0.1) is 5.69 Å². The van der Waals surface area contributed by atoms with Gasteiger partial charge in [-0.15, -0.1) is 11.3 Å². The number of nitrogens with zero attached hydrogens (tertiary/aromatic N) is 3. The first-order valence-electron chi connectivity index (χ1n) is 10.6. The molecule has 4 rings (SSSR count). The number of allylic oxidation sites excluding steroid dienone is 4. The topological polar surface area (TPSA) is 36.4 Å². The summed E-state index contributed by atoms with van der Waals surface area (Å²) in [6.45, 7) is 7.60. The normalized spacial score (nSPS) is 23.9. The number of likely N-dealkylation sites (N-methyl/N-ethyl adjacent to an activating group) is 1. The summed E-state index contributed by atoms with van der Waals surface area (Å²) in [5.74, 6) is 1.90. The Balaban J connectivity index is 1.42. The zero-order chi connectivity index (χ0) is 19.7. The van der Waals surface area contributed by atoms with E-state index in [1.165, 1.54) is 49.1 Å². The van der Waals surface area contributed by atoms with Gasteiger partial charge in [0.1, 0.15) is 5.01 Å². The van der Waals surface area contributed by atoms with Gasteiger partial charge in [0.25, 0.3) is 0 Å². The highest BCUT2D eigenvalue weighted by atomic mass is 32.1. The van der Waals surface area contributed by atoms with E-state index in [-0.39, 0.29) is 6.03 Å². The number of aromatic nitrogens is 1. The largest absolute Gasteiger partial charge is 0.326 e. The lowest BCUT2D eigenvalue weighted by Gasteiger charge is -2.33. The molecule has 2 amide bonds. The second kappa shape index (κ2) is 8.24. The Bertz CT molecular complexity index is 792. The van der Waals surface area contributed by atoms with Crippen LogP contribution in [0, 0.1) is 11.8 Å². The quantitative estimate of drug-likeness (QED) is 0.501. The number of carbonyl (C=O) groups excluding carboxylic acids is 1. The molecule has 1 atom stereocenters. The number of thiazole rings is 1. The highest BCUT2D eigenvalue weighted by Crippen LogP contribution is 2.41. The van der Waals surface area contributed by atoms with Crippen molar-refractivity contribution in [1.29, 1.82) is 0 Å². The maximum Gasteiger partial charge on any atom is 0.324 e. The van der Waals surface area contributed by atoms with Crippen LogP contribution in [0.1, 0.15) is 54.6 Å². The Hall–Kier alpha value is -1.88. The van der Waals surface area contributed by atoms with Crippen LogP contribution in [-0.2, 0) is 12.8 Å². The lowest BCUT2D eigenvalue weighted by Crippen LogP contribution is -2.27. The molecule has 1 aliphatic heterocycles. The molecule has 2 aliphatic carbocycles. The third-order valence-electron chi connectivity index (χ3n) is 6.67. The molecule has 1 saturated heterocycles. The molecule has 5 heteroatoms. The van der Waals surface area contributed by atoms with E-state index in [0.29, 0.717) is 6.54 Å². The molecule has 1 aromatic heterocycles. The van der Waals surface area contributed by atoms with Gasteiger partial charge in [-0.3, -0.25) is 4.90 Å². The van der Waals surface area contributed by atoms with Crippen LogP contribution in [0.5, 0.6) is 0 Å². The lowest BCUT2D eigenvalue weighted by molar-refractivity contribution is 0.188. The van der Waals surface area contributed by atoms with Crippen molar-refractivity contribution in [2.45, 2.75) is 51.9 Å². The van der Waals surface area contributed by atoms with Gasteiger partial charge in [-0.25, -0.2) is 9.78 Å². The molecule has 3 aliphatic rings. The first-order valence-corrected chi connectivity index (χ1v) is 11.4. The predicted molar refractivity (Wildman–Crippen MR) is 116 cm³/mol. The van der Waals surface area contributed by atoms with Crippen molar-refractivity contribution in [3.05, 3.63) is 46.1 Å². The lowest BCUT2D eigenvalue weighted by atomic mass is 9.73. The SMILES string of the molecule is C=C(/C=C\C(=C/C)c1nc2c(s1)CCC(C1CCC1)CC2)N1CCN(C)C1=O. The Morgan fingerprint density at radius 1 is 1.14 bits per heavy atom. The van der Waals surface area contributed by atoms with Crippen molar-refractivity contribution in [1.82, 2.24) is 14.8 Å². The number of urea groups is 1. The van der Waals surface area contributed by atoms with Crippen molar-refractivity contribution in [3.8, 4) is 0 Å². The number of aryl methyl sites for hydroxylation is 2. The van der Waals surface area contributed by atoms with Gasteiger partial charge in [0.15, 0.2) is 0 Å². The van der Waals surface area contributed by atoms with Crippen molar-refractivity contribution in [3.63, 3.8) is 0 Å². The van der Waals surface area contributed by atoms with Gasteiger partial charge in [0.2, 0.25) is 0 Å². The van der Waals surface area contributed by atoms with Gasteiger partial charge in [0, 0.05) is 36.3 Å². The van der Waals surface area contributed by atoms with Crippen LogP contribution in [0.15, 0.2) is 30.5 Å². The summed E-state index contributed by atoms with van der Waals surface area (Å²) in [6, 6.07) is 0.0265. The summed E-state index contributed by atoms with van der Waals surface area (Å²) in [5, 5.41) is 1.10. The van der Waals surface area contributed by atoms with E-state index in [4.69, 9.17) is 4.98 Å². The standard InChI is InChI=1S/C23H31N3OS/c1-4-17(9-8-16(2)26-15-14-25(3)23(26)27)22-24-20-12-10-19(18-6-5-7-18)11-13-21(20)28-22/h4,8-9,18-19H,2,5-7,10-15H2,1,3H3/b9-8-,17-4+. The molecular formula is C23H31N3OS.